The molecule has 0 aromatic carbocycles. The van der Waals surface area contributed by atoms with Crippen LogP contribution in [0.4, 0.5) is 13.2 Å². The molecular formula is C15H22ClF3N4O2S2. The summed E-state index contributed by atoms with van der Waals surface area (Å²) in [4.78, 5) is 5.27. The molecule has 0 radical (unpaired) electrons. The molecule has 154 valence electrons. The highest BCUT2D eigenvalue weighted by atomic mass is 35.5. The van der Waals surface area contributed by atoms with Gasteiger partial charge in [-0.1, -0.05) is 11.6 Å². The number of alkyl halides is 3. The maximum atomic E-state index is 12.6. The van der Waals surface area contributed by atoms with E-state index in [9.17, 15) is 21.6 Å². The Hall–Kier alpha value is -1.04. The van der Waals surface area contributed by atoms with Gasteiger partial charge in [0.25, 0.3) is 0 Å². The van der Waals surface area contributed by atoms with Crippen LogP contribution in [0.3, 0.4) is 0 Å². The number of hydrogen-bond donors (Lipinski definition) is 2. The Bertz CT molecular complexity index is 744. The predicted octanol–water partition coefficient (Wildman–Crippen LogP) is 2.67. The molecule has 6 nitrogen and oxygen atoms in total. The van der Waals surface area contributed by atoms with Crippen LogP contribution in [0, 0.1) is 5.92 Å². The quantitative estimate of drug-likeness (QED) is 0.520. The number of thiophene rings is 1. The molecule has 1 fully saturated rings. The minimum absolute atomic E-state index is 0.0827. The third-order valence-corrected chi connectivity index (χ3v) is 7.20. The van der Waals surface area contributed by atoms with Crippen LogP contribution in [-0.2, 0) is 16.4 Å². The van der Waals surface area contributed by atoms with Gasteiger partial charge in [0.1, 0.15) is 0 Å². The van der Waals surface area contributed by atoms with E-state index in [0.717, 1.165) is 15.6 Å². The molecular weight excluding hydrogens is 425 g/mol. The van der Waals surface area contributed by atoms with Gasteiger partial charge in [0, 0.05) is 38.1 Å². The Labute approximate surface area is 165 Å². The first-order chi connectivity index (χ1) is 12.6. The fourth-order valence-electron chi connectivity index (χ4n) is 2.75. The third kappa shape index (κ3) is 6.23. The molecule has 27 heavy (non-hydrogen) atoms. The number of halogens is 4. The second-order valence-electron chi connectivity index (χ2n) is 6.13. The number of piperidine rings is 1. The van der Waals surface area contributed by atoms with Crippen LogP contribution in [0.25, 0.3) is 0 Å². The Morgan fingerprint density at radius 2 is 2.00 bits per heavy atom. The zero-order chi connectivity index (χ0) is 20.1. The summed E-state index contributed by atoms with van der Waals surface area (Å²) in [6.45, 7) is 0.932. The average molecular weight is 447 g/mol. The van der Waals surface area contributed by atoms with Gasteiger partial charge < -0.3 is 10.6 Å². The lowest BCUT2D eigenvalue weighted by Crippen LogP contribution is -2.47. The van der Waals surface area contributed by atoms with Crippen LogP contribution in [0.1, 0.15) is 17.7 Å². The third-order valence-electron chi connectivity index (χ3n) is 4.28. The summed E-state index contributed by atoms with van der Waals surface area (Å²) in [5.74, 6) is 0.683. The lowest BCUT2D eigenvalue weighted by atomic mass is 9.98. The van der Waals surface area contributed by atoms with Crippen LogP contribution in [0.2, 0.25) is 4.34 Å². The van der Waals surface area contributed by atoms with Gasteiger partial charge >= 0.3 is 15.5 Å². The molecule has 2 rings (SSSR count). The van der Waals surface area contributed by atoms with E-state index in [0.29, 0.717) is 36.2 Å². The smallest absolute Gasteiger partial charge is 0.356 e. The molecule has 0 bridgehead atoms. The molecule has 12 heteroatoms. The second-order valence-corrected chi connectivity index (χ2v) is 9.86. The summed E-state index contributed by atoms with van der Waals surface area (Å²) in [7, 11) is -3.59. The van der Waals surface area contributed by atoms with E-state index in [-0.39, 0.29) is 19.0 Å². The molecule has 0 saturated carbocycles. The molecule has 0 aliphatic carbocycles. The van der Waals surface area contributed by atoms with Crippen LogP contribution in [0.15, 0.2) is 17.1 Å². The van der Waals surface area contributed by atoms with Crippen molar-refractivity contribution in [2.24, 2.45) is 10.9 Å². The van der Waals surface area contributed by atoms with Gasteiger partial charge in [0.2, 0.25) is 0 Å². The lowest BCUT2D eigenvalue weighted by Gasteiger charge is -2.31. The molecule has 0 atom stereocenters. The zero-order valence-corrected chi connectivity index (χ0v) is 17.1. The van der Waals surface area contributed by atoms with Gasteiger partial charge in [0.05, 0.1) is 4.34 Å². The molecule has 0 spiro atoms. The number of nitrogens with one attached hydrogen (secondary N) is 2. The minimum atomic E-state index is -5.24. The van der Waals surface area contributed by atoms with Gasteiger partial charge in [-0.05, 0) is 37.3 Å². The van der Waals surface area contributed by atoms with E-state index in [1.807, 2.05) is 12.1 Å². The van der Waals surface area contributed by atoms with Gasteiger partial charge in [-0.3, -0.25) is 4.99 Å². The van der Waals surface area contributed by atoms with E-state index in [4.69, 9.17) is 11.6 Å². The van der Waals surface area contributed by atoms with Crippen molar-refractivity contribution in [1.82, 2.24) is 14.9 Å². The van der Waals surface area contributed by atoms with Crippen molar-refractivity contribution in [3.63, 3.8) is 0 Å². The van der Waals surface area contributed by atoms with Crippen LogP contribution >= 0.6 is 22.9 Å². The molecule has 2 heterocycles. The predicted molar refractivity (Wildman–Crippen MR) is 102 cm³/mol. The zero-order valence-electron chi connectivity index (χ0n) is 14.7. The number of aliphatic imine (C=N–C) groups is 1. The first kappa shape index (κ1) is 22.3. The Morgan fingerprint density at radius 3 is 2.52 bits per heavy atom. The maximum Gasteiger partial charge on any atom is 0.511 e. The average Bonchev–Trinajstić information content (AvgIpc) is 3.02. The Kier molecular flexibility index (Phi) is 7.78. The summed E-state index contributed by atoms with van der Waals surface area (Å²) in [5.41, 5.74) is -5.24. The lowest BCUT2D eigenvalue weighted by molar-refractivity contribution is -0.0496. The molecule has 1 aliphatic heterocycles. The van der Waals surface area contributed by atoms with E-state index in [1.54, 1.807) is 7.05 Å². The summed E-state index contributed by atoms with van der Waals surface area (Å²) in [6.07, 6.45) is 1.53. The fraction of sp³-hybridized carbons (Fsp3) is 0.667. The van der Waals surface area contributed by atoms with Crippen LogP contribution < -0.4 is 10.6 Å². The Balaban J connectivity index is 1.72. The van der Waals surface area contributed by atoms with E-state index in [2.05, 4.69) is 15.6 Å². The highest BCUT2D eigenvalue weighted by Crippen LogP contribution is 2.30. The number of nitrogens with zero attached hydrogens (tertiary/aromatic N) is 2. The summed E-state index contributed by atoms with van der Waals surface area (Å²) in [5, 5.41) is 6.31. The second kappa shape index (κ2) is 9.44. The summed E-state index contributed by atoms with van der Waals surface area (Å²) in [6, 6.07) is 3.81. The normalized spacial score (nSPS) is 17.9. The fourth-order valence-corrected chi connectivity index (χ4v) is 4.82. The standard InChI is InChI=1S/C15H22ClF3N4O2S2/c1-20-14(21-7-4-12-2-3-13(16)26-12)22-10-11-5-8-23(9-6-11)27(24,25)15(17,18)19/h2-3,11H,4-10H2,1H3,(H2,20,21,22). The van der Waals surface area contributed by atoms with Gasteiger partial charge in [0.15, 0.2) is 5.96 Å². The van der Waals surface area contributed by atoms with Crippen molar-refractivity contribution in [1.29, 1.82) is 0 Å². The molecule has 1 aliphatic rings. The van der Waals surface area contributed by atoms with E-state index in [1.165, 1.54) is 11.3 Å². The highest BCUT2D eigenvalue weighted by molar-refractivity contribution is 7.90. The van der Waals surface area contributed by atoms with E-state index >= 15 is 0 Å². The first-order valence-electron chi connectivity index (χ1n) is 8.38. The van der Waals surface area contributed by atoms with Gasteiger partial charge in [-0.2, -0.15) is 17.5 Å². The molecule has 2 N–H and O–H groups in total. The summed E-state index contributed by atoms with van der Waals surface area (Å²) < 4.78 is 61.8. The molecule has 1 aromatic heterocycles. The highest BCUT2D eigenvalue weighted by Gasteiger charge is 2.50. The molecule has 0 amide bonds. The summed E-state index contributed by atoms with van der Waals surface area (Å²) >= 11 is 7.41. The first-order valence-corrected chi connectivity index (χ1v) is 11.0. The number of hydrogen-bond acceptors (Lipinski definition) is 4. The van der Waals surface area contributed by atoms with Crippen LogP contribution in [0.5, 0.6) is 0 Å². The Morgan fingerprint density at radius 1 is 1.33 bits per heavy atom. The van der Waals surface area contributed by atoms with Crippen molar-refractivity contribution in [3.05, 3.63) is 21.3 Å². The van der Waals surface area contributed by atoms with E-state index < -0.39 is 15.5 Å². The SMILES string of the molecule is CN=C(NCCc1ccc(Cl)s1)NCC1CCN(S(=O)(=O)C(F)(F)F)CC1. The minimum Gasteiger partial charge on any atom is -0.356 e. The molecule has 1 aromatic rings. The van der Waals surface area contributed by atoms with Crippen molar-refractivity contribution < 1.29 is 21.6 Å². The van der Waals surface area contributed by atoms with Crippen molar-refractivity contribution in [2.45, 2.75) is 24.8 Å². The number of guanidine groups is 1. The molecule has 0 unspecified atom stereocenters. The topological polar surface area (TPSA) is 73.8 Å². The maximum absolute atomic E-state index is 12.6. The molecule has 1 saturated heterocycles. The van der Waals surface area contributed by atoms with Crippen molar-refractivity contribution in [2.75, 3.05) is 33.2 Å². The van der Waals surface area contributed by atoms with Crippen molar-refractivity contribution in [3.8, 4) is 0 Å². The van der Waals surface area contributed by atoms with Crippen LogP contribution in [-0.4, -0.2) is 57.4 Å². The number of rotatable bonds is 6. The van der Waals surface area contributed by atoms with Gasteiger partial charge in [-0.15, -0.1) is 11.3 Å². The largest absolute Gasteiger partial charge is 0.511 e. The van der Waals surface area contributed by atoms with Crippen molar-refractivity contribution >= 4 is 38.9 Å². The van der Waals surface area contributed by atoms with Gasteiger partial charge in [-0.25, -0.2) is 8.42 Å². The monoisotopic (exact) mass is 446 g/mol. The number of sulfonamides is 1.